The third kappa shape index (κ3) is 2.77. The fourth-order valence-electron chi connectivity index (χ4n) is 2.06. The molecule has 0 fully saturated rings. The van der Waals surface area contributed by atoms with E-state index in [1.54, 1.807) is 28.9 Å². The Balaban J connectivity index is 2.16. The van der Waals surface area contributed by atoms with Crippen LogP contribution in [0.15, 0.2) is 48.5 Å². The van der Waals surface area contributed by atoms with Crippen LogP contribution in [-0.4, -0.2) is 15.0 Å². The largest absolute Gasteiger partial charge is 0.213 e. The van der Waals surface area contributed by atoms with E-state index in [1.807, 2.05) is 12.1 Å². The van der Waals surface area contributed by atoms with Crippen LogP contribution < -0.4 is 0 Å². The van der Waals surface area contributed by atoms with Crippen molar-refractivity contribution in [3.63, 3.8) is 0 Å². The summed E-state index contributed by atoms with van der Waals surface area (Å²) in [5.41, 5.74) is 3.03. The van der Waals surface area contributed by atoms with Gasteiger partial charge in [0.2, 0.25) is 0 Å². The monoisotopic (exact) mass is 321 g/mol. The number of hydrogen-bond acceptors (Lipinski definition) is 2. The van der Waals surface area contributed by atoms with Gasteiger partial charge in [0.25, 0.3) is 0 Å². The maximum atomic E-state index is 13.1. The molecule has 0 aliphatic heterocycles. The summed E-state index contributed by atoms with van der Waals surface area (Å²) in [7, 11) is 0. The fourth-order valence-corrected chi connectivity index (χ4v) is 2.37. The van der Waals surface area contributed by atoms with Gasteiger partial charge in [0, 0.05) is 10.6 Å². The molecule has 1 aromatic heterocycles. The van der Waals surface area contributed by atoms with Crippen molar-refractivity contribution in [2.45, 2.75) is 5.88 Å². The summed E-state index contributed by atoms with van der Waals surface area (Å²) in [6, 6.07) is 13.4. The normalized spacial score (nSPS) is 10.8. The molecule has 0 bridgehead atoms. The highest BCUT2D eigenvalue weighted by Gasteiger charge is 2.15. The molecule has 106 valence electrons. The Morgan fingerprint density at radius 3 is 2.29 bits per heavy atom. The van der Waals surface area contributed by atoms with Crippen LogP contribution in [0.3, 0.4) is 0 Å². The Morgan fingerprint density at radius 2 is 1.67 bits per heavy atom. The summed E-state index contributed by atoms with van der Waals surface area (Å²) in [5.74, 6) is -0.0661. The number of rotatable bonds is 3. The van der Waals surface area contributed by atoms with E-state index < -0.39 is 0 Å². The van der Waals surface area contributed by atoms with Gasteiger partial charge in [-0.2, -0.15) is 0 Å². The van der Waals surface area contributed by atoms with E-state index in [9.17, 15) is 4.39 Å². The van der Waals surface area contributed by atoms with Crippen LogP contribution in [0.2, 0.25) is 5.02 Å². The molecule has 21 heavy (non-hydrogen) atoms. The predicted molar refractivity (Wildman–Crippen MR) is 81.3 cm³/mol. The van der Waals surface area contributed by atoms with E-state index in [1.165, 1.54) is 12.1 Å². The highest BCUT2D eigenvalue weighted by atomic mass is 35.5. The first kappa shape index (κ1) is 14.0. The number of hydrogen-bond donors (Lipinski definition) is 0. The Kier molecular flexibility index (Phi) is 3.90. The maximum absolute atomic E-state index is 13.1. The van der Waals surface area contributed by atoms with Crippen LogP contribution in [0.25, 0.3) is 16.9 Å². The number of aromatic nitrogens is 3. The molecule has 0 saturated carbocycles. The zero-order chi connectivity index (χ0) is 14.8. The molecule has 0 atom stereocenters. The van der Waals surface area contributed by atoms with E-state index in [4.69, 9.17) is 23.2 Å². The third-order valence-corrected chi connectivity index (χ3v) is 3.56. The zero-order valence-electron chi connectivity index (χ0n) is 10.8. The molecule has 0 aliphatic rings. The van der Waals surface area contributed by atoms with Crippen LogP contribution in [0.4, 0.5) is 4.39 Å². The second kappa shape index (κ2) is 5.84. The molecular formula is C15H10Cl2FN3. The standard InChI is InChI=1S/C15H10Cl2FN3/c16-9-14-15(10-1-3-11(17)4-2-10)21(20-19-14)13-7-5-12(18)6-8-13/h1-8H,9H2. The van der Waals surface area contributed by atoms with E-state index in [2.05, 4.69) is 10.3 Å². The highest BCUT2D eigenvalue weighted by molar-refractivity contribution is 6.30. The average molecular weight is 322 g/mol. The molecule has 0 unspecified atom stereocenters. The molecule has 1 heterocycles. The second-order valence-electron chi connectivity index (χ2n) is 4.41. The van der Waals surface area contributed by atoms with Gasteiger partial charge in [-0.25, -0.2) is 9.07 Å². The van der Waals surface area contributed by atoms with Gasteiger partial charge in [-0.1, -0.05) is 28.9 Å². The summed E-state index contributed by atoms with van der Waals surface area (Å²) >= 11 is 11.9. The lowest BCUT2D eigenvalue weighted by molar-refractivity contribution is 0.627. The number of halogens is 3. The van der Waals surface area contributed by atoms with Gasteiger partial charge < -0.3 is 0 Å². The molecular weight excluding hydrogens is 312 g/mol. The van der Waals surface area contributed by atoms with Crippen molar-refractivity contribution in [2.24, 2.45) is 0 Å². The minimum absolute atomic E-state index is 0.235. The number of alkyl halides is 1. The van der Waals surface area contributed by atoms with E-state index >= 15 is 0 Å². The molecule has 0 radical (unpaired) electrons. The second-order valence-corrected chi connectivity index (χ2v) is 5.12. The number of nitrogens with zero attached hydrogens (tertiary/aromatic N) is 3. The van der Waals surface area contributed by atoms with Crippen LogP contribution in [0, 0.1) is 5.82 Å². The van der Waals surface area contributed by atoms with Crippen LogP contribution in [0.1, 0.15) is 5.69 Å². The van der Waals surface area contributed by atoms with Gasteiger partial charge in [-0.15, -0.1) is 16.7 Å². The van der Waals surface area contributed by atoms with Gasteiger partial charge in [-0.05, 0) is 36.4 Å². The van der Waals surface area contributed by atoms with Crippen LogP contribution in [0.5, 0.6) is 0 Å². The van der Waals surface area contributed by atoms with E-state index in [0.717, 1.165) is 11.3 Å². The van der Waals surface area contributed by atoms with Crippen molar-refractivity contribution in [3.8, 4) is 16.9 Å². The molecule has 0 saturated heterocycles. The van der Waals surface area contributed by atoms with Gasteiger partial charge in [-0.3, -0.25) is 0 Å². The lowest BCUT2D eigenvalue weighted by atomic mass is 10.1. The van der Waals surface area contributed by atoms with Crippen molar-refractivity contribution in [1.82, 2.24) is 15.0 Å². The van der Waals surface area contributed by atoms with Crippen molar-refractivity contribution in [2.75, 3.05) is 0 Å². The average Bonchev–Trinajstić information content (AvgIpc) is 2.93. The van der Waals surface area contributed by atoms with Crippen molar-refractivity contribution < 1.29 is 4.39 Å². The molecule has 6 heteroatoms. The Labute approximate surface area is 130 Å². The molecule has 3 rings (SSSR count). The first-order valence-corrected chi connectivity index (χ1v) is 7.12. The number of benzene rings is 2. The quantitative estimate of drug-likeness (QED) is 0.666. The summed E-state index contributed by atoms with van der Waals surface area (Å²) in [4.78, 5) is 0. The zero-order valence-corrected chi connectivity index (χ0v) is 12.3. The van der Waals surface area contributed by atoms with Gasteiger partial charge in [0.15, 0.2) is 0 Å². The molecule has 0 N–H and O–H groups in total. The third-order valence-electron chi connectivity index (χ3n) is 3.06. The van der Waals surface area contributed by atoms with Crippen LogP contribution in [-0.2, 0) is 5.88 Å². The summed E-state index contributed by atoms with van der Waals surface area (Å²) in [6.45, 7) is 0. The Bertz CT molecular complexity index is 752. The minimum atomic E-state index is -0.301. The predicted octanol–water partition coefficient (Wildman–Crippen LogP) is 4.47. The molecule has 0 aliphatic carbocycles. The lowest BCUT2D eigenvalue weighted by Gasteiger charge is -2.08. The van der Waals surface area contributed by atoms with Crippen molar-refractivity contribution in [1.29, 1.82) is 0 Å². The molecule has 3 aromatic rings. The fraction of sp³-hybridized carbons (Fsp3) is 0.0667. The lowest BCUT2D eigenvalue weighted by Crippen LogP contribution is -2.00. The first-order valence-electron chi connectivity index (χ1n) is 6.21. The topological polar surface area (TPSA) is 30.7 Å². The minimum Gasteiger partial charge on any atom is -0.213 e. The van der Waals surface area contributed by atoms with Gasteiger partial charge in [0.1, 0.15) is 11.5 Å². The Hall–Kier alpha value is -1.91. The Morgan fingerprint density at radius 1 is 1.00 bits per heavy atom. The van der Waals surface area contributed by atoms with Crippen molar-refractivity contribution in [3.05, 3.63) is 65.1 Å². The SMILES string of the molecule is Fc1ccc(-n2nnc(CCl)c2-c2ccc(Cl)cc2)cc1. The first-order chi connectivity index (χ1) is 10.2. The molecule has 3 nitrogen and oxygen atoms in total. The maximum Gasteiger partial charge on any atom is 0.123 e. The molecule has 0 spiro atoms. The molecule has 2 aromatic carbocycles. The summed E-state index contributed by atoms with van der Waals surface area (Å²) in [5, 5.41) is 8.84. The van der Waals surface area contributed by atoms with Crippen LogP contribution >= 0.6 is 23.2 Å². The highest BCUT2D eigenvalue weighted by Crippen LogP contribution is 2.27. The summed E-state index contributed by atoms with van der Waals surface area (Å²) < 4.78 is 14.7. The van der Waals surface area contributed by atoms with Gasteiger partial charge in [0.05, 0.1) is 17.3 Å². The van der Waals surface area contributed by atoms with E-state index in [0.29, 0.717) is 16.4 Å². The summed E-state index contributed by atoms with van der Waals surface area (Å²) in [6.07, 6.45) is 0. The smallest absolute Gasteiger partial charge is 0.123 e. The van der Waals surface area contributed by atoms with Gasteiger partial charge >= 0.3 is 0 Å². The van der Waals surface area contributed by atoms with Crippen molar-refractivity contribution >= 4 is 23.2 Å². The molecule has 0 amide bonds. The van der Waals surface area contributed by atoms with E-state index in [-0.39, 0.29) is 11.7 Å².